The zero-order valence-electron chi connectivity index (χ0n) is 25.9. The summed E-state index contributed by atoms with van der Waals surface area (Å²) in [5.41, 5.74) is 0. The van der Waals surface area contributed by atoms with Gasteiger partial charge in [-0.05, 0) is 12.8 Å². The molecule has 0 bridgehead atoms. The lowest BCUT2D eigenvalue weighted by Crippen LogP contribution is -2.06. The summed E-state index contributed by atoms with van der Waals surface area (Å²) in [6.07, 6.45) is 36.5. The van der Waals surface area contributed by atoms with Crippen LogP contribution in [0.4, 0.5) is 0 Å². The molecule has 0 aromatic heterocycles. The van der Waals surface area contributed by atoms with Crippen molar-refractivity contribution >= 4 is 7.82 Å². The van der Waals surface area contributed by atoms with Crippen molar-refractivity contribution in [2.45, 2.75) is 194 Å². The molecule has 0 aromatic rings. The van der Waals surface area contributed by atoms with Crippen molar-refractivity contribution in [2.75, 3.05) is 13.2 Å². The van der Waals surface area contributed by atoms with Crippen LogP contribution in [0.1, 0.15) is 194 Å². The summed E-state index contributed by atoms with van der Waals surface area (Å²) in [6.45, 7) is 5.31. The van der Waals surface area contributed by atoms with Crippen LogP contribution in [0.2, 0.25) is 0 Å². The third-order valence-corrected chi connectivity index (χ3v) is 8.88. The summed E-state index contributed by atoms with van der Waals surface area (Å²) in [5, 5.41) is 0. The Labute approximate surface area is 238 Å². The lowest BCUT2D eigenvalue weighted by Gasteiger charge is -2.15. The average Bonchev–Trinajstić information content (AvgIpc) is 2.93. The van der Waals surface area contributed by atoms with Gasteiger partial charge in [-0.2, -0.15) is 0 Å². The lowest BCUT2D eigenvalue weighted by atomic mass is 10.0. The normalized spacial score (nSPS) is 12.0. The standard InChI is InChI=1S/C32H68NO4P/c1-3-5-7-9-11-13-15-17-19-21-23-25-27-29-31-35-38(34,37-33)36-32-30-28-26-24-22-20-18-16-14-12-10-8-6-4-2/h3-33H2,1-2H3. The molecule has 0 rings (SSSR count). The second-order valence-corrected chi connectivity index (χ2v) is 13.0. The fraction of sp³-hybridized carbons (Fsp3) is 1.00. The van der Waals surface area contributed by atoms with Gasteiger partial charge in [-0.25, -0.2) is 15.1 Å². The minimum absolute atomic E-state index is 0.380. The molecule has 0 saturated heterocycles. The van der Waals surface area contributed by atoms with Crippen LogP contribution in [0.5, 0.6) is 0 Å². The highest BCUT2D eigenvalue weighted by molar-refractivity contribution is 7.48. The molecule has 0 amide bonds. The molecule has 2 N–H and O–H groups in total. The van der Waals surface area contributed by atoms with Crippen LogP contribution >= 0.6 is 7.82 Å². The van der Waals surface area contributed by atoms with Gasteiger partial charge >= 0.3 is 7.82 Å². The fourth-order valence-corrected chi connectivity index (χ4v) is 5.95. The molecule has 0 fully saturated rings. The van der Waals surface area contributed by atoms with E-state index < -0.39 is 7.82 Å². The van der Waals surface area contributed by atoms with E-state index in [4.69, 9.17) is 14.9 Å². The van der Waals surface area contributed by atoms with Gasteiger partial charge in [0.1, 0.15) is 0 Å². The third kappa shape index (κ3) is 29.1. The highest BCUT2D eigenvalue weighted by atomic mass is 31.2. The topological polar surface area (TPSA) is 70.8 Å². The zero-order chi connectivity index (χ0) is 27.8. The fourth-order valence-electron chi connectivity index (χ4n) is 5.04. The van der Waals surface area contributed by atoms with E-state index in [1.54, 1.807) is 0 Å². The van der Waals surface area contributed by atoms with E-state index in [0.29, 0.717) is 13.2 Å². The predicted octanol–water partition coefficient (Wildman–Crippen LogP) is 12.0. The molecule has 0 spiro atoms. The third-order valence-electron chi connectivity index (χ3n) is 7.62. The molecular formula is C32H68NO4P. The van der Waals surface area contributed by atoms with Crippen LogP contribution < -0.4 is 5.90 Å². The largest absolute Gasteiger partial charge is 0.491 e. The quantitative estimate of drug-likeness (QED) is 0.0490. The Balaban J connectivity index is 3.40. The summed E-state index contributed by atoms with van der Waals surface area (Å²) >= 11 is 0. The van der Waals surface area contributed by atoms with E-state index >= 15 is 0 Å². The SMILES string of the molecule is CCCCCCCCCCCCCCCCOP(=O)(ON)OCCCCCCCCCCCCCCCC. The van der Waals surface area contributed by atoms with Gasteiger partial charge in [0.2, 0.25) is 0 Å². The number of hydrogen-bond donors (Lipinski definition) is 1. The van der Waals surface area contributed by atoms with Gasteiger partial charge in [-0.3, -0.25) is 9.05 Å². The van der Waals surface area contributed by atoms with E-state index in [9.17, 15) is 4.57 Å². The van der Waals surface area contributed by atoms with Crippen molar-refractivity contribution in [2.24, 2.45) is 5.90 Å². The van der Waals surface area contributed by atoms with E-state index in [-0.39, 0.29) is 0 Å². The van der Waals surface area contributed by atoms with Gasteiger partial charge in [0.25, 0.3) is 0 Å². The lowest BCUT2D eigenvalue weighted by molar-refractivity contribution is 0.110. The molecule has 0 aliphatic rings. The Hall–Kier alpha value is 0.0700. The summed E-state index contributed by atoms with van der Waals surface area (Å²) < 4.78 is 27.8. The maximum absolute atomic E-state index is 12.5. The smallest absolute Gasteiger partial charge is 0.286 e. The van der Waals surface area contributed by atoms with Crippen molar-refractivity contribution in [1.29, 1.82) is 0 Å². The maximum Gasteiger partial charge on any atom is 0.491 e. The molecule has 0 aromatic carbocycles. The molecule has 230 valence electrons. The van der Waals surface area contributed by atoms with Crippen molar-refractivity contribution in [3.05, 3.63) is 0 Å². The van der Waals surface area contributed by atoms with Crippen LogP contribution in [0, 0.1) is 0 Å². The number of nitrogens with two attached hydrogens (primary N) is 1. The maximum atomic E-state index is 12.5. The van der Waals surface area contributed by atoms with E-state index in [0.717, 1.165) is 25.7 Å². The van der Waals surface area contributed by atoms with Crippen molar-refractivity contribution in [3.8, 4) is 0 Å². The second kappa shape index (κ2) is 31.6. The number of rotatable bonds is 33. The molecule has 0 saturated carbocycles. The van der Waals surface area contributed by atoms with Gasteiger partial charge in [0, 0.05) is 0 Å². The van der Waals surface area contributed by atoms with Gasteiger partial charge < -0.3 is 0 Å². The van der Waals surface area contributed by atoms with Crippen LogP contribution in [-0.2, 0) is 18.2 Å². The number of phosphoric ester groups is 1. The molecule has 0 heterocycles. The Morgan fingerprint density at radius 1 is 0.395 bits per heavy atom. The van der Waals surface area contributed by atoms with Gasteiger partial charge in [0.05, 0.1) is 13.2 Å². The van der Waals surface area contributed by atoms with Crippen molar-refractivity contribution in [3.63, 3.8) is 0 Å². The zero-order valence-corrected chi connectivity index (χ0v) is 26.8. The molecule has 0 aliphatic carbocycles. The number of unbranched alkanes of at least 4 members (excludes halogenated alkanes) is 26. The van der Waals surface area contributed by atoms with Crippen LogP contribution in [0.25, 0.3) is 0 Å². The molecule has 6 heteroatoms. The highest BCUT2D eigenvalue weighted by Gasteiger charge is 2.25. The summed E-state index contributed by atoms with van der Waals surface area (Å²) in [5.74, 6) is 5.22. The summed E-state index contributed by atoms with van der Waals surface area (Å²) in [6, 6.07) is 0. The van der Waals surface area contributed by atoms with Crippen LogP contribution in [-0.4, -0.2) is 13.2 Å². The second-order valence-electron chi connectivity index (χ2n) is 11.4. The Kier molecular flexibility index (Phi) is 31.7. The Bertz CT molecular complexity index is 454. The Morgan fingerprint density at radius 3 is 0.816 bits per heavy atom. The molecule has 0 atom stereocenters. The summed E-state index contributed by atoms with van der Waals surface area (Å²) in [7, 11) is -3.60. The molecular weight excluding hydrogens is 493 g/mol. The average molecular weight is 562 g/mol. The van der Waals surface area contributed by atoms with Gasteiger partial charge in [0.15, 0.2) is 0 Å². The van der Waals surface area contributed by atoms with E-state index in [1.807, 2.05) is 0 Å². The molecule has 38 heavy (non-hydrogen) atoms. The predicted molar refractivity (Wildman–Crippen MR) is 165 cm³/mol. The first-order valence-electron chi connectivity index (χ1n) is 17.0. The van der Waals surface area contributed by atoms with Crippen LogP contribution in [0.15, 0.2) is 0 Å². The van der Waals surface area contributed by atoms with Crippen molar-refractivity contribution < 1.29 is 18.2 Å². The molecule has 5 nitrogen and oxygen atoms in total. The minimum atomic E-state index is -3.60. The van der Waals surface area contributed by atoms with Crippen LogP contribution in [0.3, 0.4) is 0 Å². The van der Waals surface area contributed by atoms with Gasteiger partial charge in [-0.1, -0.05) is 181 Å². The first-order chi connectivity index (χ1) is 18.7. The summed E-state index contributed by atoms with van der Waals surface area (Å²) in [4.78, 5) is 0. The first-order valence-corrected chi connectivity index (χ1v) is 18.4. The van der Waals surface area contributed by atoms with E-state index in [2.05, 4.69) is 18.5 Å². The number of phosphoric acid groups is 1. The first kappa shape index (κ1) is 38.1. The number of hydrogen-bond acceptors (Lipinski definition) is 5. The van der Waals surface area contributed by atoms with Gasteiger partial charge in [-0.15, -0.1) is 0 Å². The van der Waals surface area contributed by atoms with E-state index in [1.165, 1.54) is 154 Å². The molecule has 0 unspecified atom stereocenters. The highest BCUT2D eigenvalue weighted by Crippen LogP contribution is 2.47. The van der Waals surface area contributed by atoms with Crippen molar-refractivity contribution in [1.82, 2.24) is 0 Å². The molecule has 0 aliphatic heterocycles. The molecule has 0 radical (unpaired) electrons. The monoisotopic (exact) mass is 561 g/mol. The Morgan fingerprint density at radius 2 is 0.605 bits per heavy atom. The minimum Gasteiger partial charge on any atom is -0.286 e.